The zero-order chi connectivity index (χ0) is 22.0. The summed E-state index contributed by atoms with van der Waals surface area (Å²) >= 11 is 0. The van der Waals surface area contributed by atoms with Gasteiger partial charge in [-0.2, -0.15) is 0 Å². The predicted octanol–water partition coefficient (Wildman–Crippen LogP) is 5.25. The van der Waals surface area contributed by atoms with Gasteiger partial charge in [-0.25, -0.2) is 14.8 Å². The van der Waals surface area contributed by atoms with E-state index in [0.29, 0.717) is 17.2 Å². The zero-order valence-corrected chi connectivity index (χ0v) is 16.1. The summed E-state index contributed by atoms with van der Waals surface area (Å²) < 4.78 is 43.5. The molecule has 0 unspecified atom stereocenters. The maximum atomic E-state index is 12.6. The van der Waals surface area contributed by atoms with E-state index < -0.39 is 18.1 Å². The molecule has 4 aromatic rings. The Morgan fingerprint density at radius 2 is 1.84 bits per heavy atom. The number of rotatable bonds is 4. The number of nitrogens with zero attached hydrogens (tertiary/aromatic N) is 3. The number of hydrogen-bond acceptors (Lipinski definition) is 4. The number of aryl methyl sites for hydroxylation is 1. The third-order valence-corrected chi connectivity index (χ3v) is 4.38. The number of carbonyl (C=O) groups excluding carboxylic acids is 1. The quantitative estimate of drug-likeness (QED) is 0.466. The lowest BCUT2D eigenvalue weighted by atomic mass is 10.1. The van der Waals surface area contributed by atoms with E-state index in [-0.39, 0.29) is 5.69 Å². The highest BCUT2D eigenvalue weighted by Crippen LogP contribution is 2.30. The number of nitrogens with one attached hydrogen (secondary N) is 2. The van der Waals surface area contributed by atoms with Gasteiger partial charge < -0.3 is 15.4 Å². The van der Waals surface area contributed by atoms with Gasteiger partial charge in [0.15, 0.2) is 5.75 Å². The Kier molecular flexibility index (Phi) is 5.20. The highest BCUT2D eigenvalue weighted by Gasteiger charge is 2.32. The van der Waals surface area contributed by atoms with Gasteiger partial charge in [0, 0.05) is 29.8 Å². The molecule has 31 heavy (non-hydrogen) atoms. The van der Waals surface area contributed by atoms with E-state index in [1.807, 2.05) is 24.5 Å². The van der Waals surface area contributed by atoms with Crippen molar-refractivity contribution in [1.82, 2.24) is 14.4 Å². The van der Waals surface area contributed by atoms with Gasteiger partial charge in [0.1, 0.15) is 0 Å². The van der Waals surface area contributed by atoms with E-state index >= 15 is 0 Å². The maximum Gasteiger partial charge on any atom is 0.573 e. The minimum Gasteiger partial charge on any atom is -0.404 e. The van der Waals surface area contributed by atoms with Crippen LogP contribution in [0.15, 0.2) is 67.1 Å². The summed E-state index contributed by atoms with van der Waals surface area (Å²) in [5, 5.41) is 5.04. The van der Waals surface area contributed by atoms with E-state index in [2.05, 4.69) is 25.3 Å². The number of fused-ring (bicyclic) bond motifs is 1. The number of halogens is 3. The number of ether oxygens (including phenoxy) is 1. The second-order valence-electron chi connectivity index (χ2n) is 6.61. The predicted molar refractivity (Wildman–Crippen MR) is 109 cm³/mol. The van der Waals surface area contributed by atoms with E-state index in [9.17, 15) is 18.0 Å². The maximum absolute atomic E-state index is 12.6. The Morgan fingerprint density at radius 3 is 2.61 bits per heavy atom. The molecule has 2 aromatic carbocycles. The van der Waals surface area contributed by atoms with E-state index in [1.54, 1.807) is 29.7 Å². The average Bonchev–Trinajstić information content (AvgIpc) is 3.14. The van der Waals surface area contributed by atoms with Gasteiger partial charge in [0.25, 0.3) is 0 Å². The van der Waals surface area contributed by atoms with Crippen LogP contribution >= 0.6 is 0 Å². The first-order chi connectivity index (χ1) is 14.8. The summed E-state index contributed by atoms with van der Waals surface area (Å²) in [6, 6.07) is 11.8. The zero-order valence-electron chi connectivity index (χ0n) is 16.1. The minimum atomic E-state index is -4.87. The van der Waals surface area contributed by atoms with Crippen molar-refractivity contribution in [3.8, 4) is 17.0 Å². The lowest BCUT2D eigenvalue weighted by Crippen LogP contribution is -2.22. The Bertz CT molecular complexity index is 1220. The molecule has 0 spiro atoms. The molecule has 2 aromatic heterocycles. The summed E-state index contributed by atoms with van der Waals surface area (Å²) in [5.41, 5.74) is 2.53. The Balaban J connectivity index is 1.55. The number of amides is 2. The van der Waals surface area contributed by atoms with Crippen molar-refractivity contribution in [1.29, 1.82) is 0 Å². The number of anilines is 2. The fraction of sp³-hybridized carbons (Fsp3) is 0.0952. The topological polar surface area (TPSA) is 80.5 Å². The molecule has 0 aliphatic heterocycles. The molecule has 0 radical (unpaired) electrons. The van der Waals surface area contributed by atoms with Crippen LogP contribution in [0, 0.1) is 6.92 Å². The van der Waals surface area contributed by atoms with Crippen LogP contribution < -0.4 is 15.4 Å². The number of alkyl halides is 3. The highest BCUT2D eigenvalue weighted by atomic mass is 19.4. The van der Waals surface area contributed by atoms with Crippen LogP contribution in [0.2, 0.25) is 0 Å². The number of hydrogen-bond donors (Lipinski definition) is 2. The van der Waals surface area contributed by atoms with Crippen molar-refractivity contribution in [2.24, 2.45) is 0 Å². The van der Waals surface area contributed by atoms with Crippen molar-refractivity contribution in [2.45, 2.75) is 13.3 Å². The lowest BCUT2D eigenvalue weighted by Gasteiger charge is -2.15. The van der Waals surface area contributed by atoms with Crippen LogP contribution in [0.3, 0.4) is 0 Å². The van der Waals surface area contributed by atoms with Gasteiger partial charge in [0.05, 0.1) is 11.4 Å². The first-order valence-corrected chi connectivity index (χ1v) is 9.12. The second-order valence-corrected chi connectivity index (χ2v) is 6.61. The molecular weight excluding hydrogens is 411 g/mol. The number of carbonyl (C=O) groups is 1. The molecule has 2 heterocycles. The van der Waals surface area contributed by atoms with Crippen LogP contribution in [0.4, 0.5) is 29.3 Å². The molecule has 0 saturated carbocycles. The normalized spacial score (nSPS) is 11.4. The fourth-order valence-electron chi connectivity index (χ4n) is 2.94. The van der Waals surface area contributed by atoms with Crippen molar-refractivity contribution < 1.29 is 22.7 Å². The number of para-hydroxylation sites is 2. The molecule has 2 amide bonds. The van der Waals surface area contributed by atoms with E-state index in [1.165, 1.54) is 18.2 Å². The molecule has 0 saturated heterocycles. The highest BCUT2D eigenvalue weighted by molar-refractivity contribution is 6.01. The lowest BCUT2D eigenvalue weighted by molar-refractivity contribution is -0.274. The van der Waals surface area contributed by atoms with E-state index in [0.717, 1.165) is 17.2 Å². The third-order valence-electron chi connectivity index (χ3n) is 4.38. The van der Waals surface area contributed by atoms with Crippen LogP contribution in [0.5, 0.6) is 5.75 Å². The fourth-order valence-corrected chi connectivity index (χ4v) is 2.94. The Hall–Kier alpha value is -4.08. The number of benzene rings is 2. The van der Waals surface area contributed by atoms with Crippen LogP contribution in [-0.2, 0) is 0 Å². The second kappa shape index (κ2) is 7.98. The number of imidazole rings is 1. The summed E-state index contributed by atoms with van der Waals surface area (Å²) in [4.78, 5) is 21.1. The summed E-state index contributed by atoms with van der Waals surface area (Å²) in [6.07, 6.45) is 0.392. The first kappa shape index (κ1) is 20.2. The number of urea groups is 1. The average molecular weight is 427 g/mol. The molecule has 0 aliphatic rings. The van der Waals surface area contributed by atoms with Gasteiger partial charge in [-0.3, -0.25) is 4.40 Å². The molecule has 158 valence electrons. The van der Waals surface area contributed by atoms with Gasteiger partial charge in [-0.15, -0.1) is 13.2 Å². The smallest absolute Gasteiger partial charge is 0.404 e. The van der Waals surface area contributed by atoms with Crippen molar-refractivity contribution in [3.05, 3.63) is 72.7 Å². The molecule has 2 N–H and O–H groups in total. The Labute approximate surface area is 174 Å². The molecule has 10 heteroatoms. The number of aromatic nitrogens is 3. The van der Waals surface area contributed by atoms with Gasteiger partial charge in [-0.05, 0) is 36.8 Å². The summed E-state index contributed by atoms with van der Waals surface area (Å²) in [6.45, 7) is 1.80. The van der Waals surface area contributed by atoms with Gasteiger partial charge >= 0.3 is 12.4 Å². The molecular formula is C21H16F3N5O2. The van der Waals surface area contributed by atoms with Crippen LogP contribution in [0.1, 0.15) is 5.56 Å². The monoisotopic (exact) mass is 427 g/mol. The summed E-state index contributed by atoms with van der Waals surface area (Å²) in [5.74, 6) is 0.0272. The van der Waals surface area contributed by atoms with Crippen molar-refractivity contribution in [3.63, 3.8) is 0 Å². The van der Waals surface area contributed by atoms with E-state index in [4.69, 9.17) is 0 Å². The molecule has 7 nitrogen and oxygen atoms in total. The largest absolute Gasteiger partial charge is 0.573 e. The molecule has 0 bridgehead atoms. The first-order valence-electron chi connectivity index (χ1n) is 9.12. The molecule has 0 atom stereocenters. The molecule has 0 fully saturated rings. The van der Waals surface area contributed by atoms with Gasteiger partial charge in [0.2, 0.25) is 5.78 Å². The molecule has 0 aliphatic carbocycles. The van der Waals surface area contributed by atoms with Crippen LogP contribution in [-0.4, -0.2) is 26.8 Å². The standard InChI is InChI=1S/C21H16F3N5O2/c1-13-7-8-14(17-12-29-10-4-9-25-19(29)26-17)11-16(13)28-20(30)27-15-5-2-3-6-18(15)31-21(22,23)24/h2-12H,1H3,(H2,27,28,30). The molecule has 4 rings (SSSR count). The minimum absolute atomic E-state index is 0.113. The van der Waals surface area contributed by atoms with Crippen molar-refractivity contribution in [2.75, 3.05) is 10.6 Å². The Morgan fingerprint density at radius 1 is 1.06 bits per heavy atom. The summed E-state index contributed by atoms with van der Waals surface area (Å²) in [7, 11) is 0. The third kappa shape index (κ3) is 4.74. The van der Waals surface area contributed by atoms with Gasteiger partial charge in [-0.1, -0.05) is 24.3 Å². The van der Waals surface area contributed by atoms with Crippen LogP contribution in [0.25, 0.3) is 17.0 Å². The van der Waals surface area contributed by atoms with Crippen molar-refractivity contribution >= 4 is 23.2 Å². The SMILES string of the molecule is Cc1ccc(-c2cn3cccnc3n2)cc1NC(=O)Nc1ccccc1OC(F)(F)F.